The van der Waals surface area contributed by atoms with E-state index in [2.05, 4.69) is 19.7 Å². The zero-order valence-electron chi connectivity index (χ0n) is 15.5. The lowest BCUT2D eigenvalue weighted by atomic mass is 10.1. The molecule has 0 saturated heterocycles. The van der Waals surface area contributed by atoms with E-state index in [0.717, 1.165) is 5.56 Å². The predicted octanol–water partition coefficient (Wildman–Crippen LogP) is 3.43. The number of ether oxygens (including phenoxy) is 1. The molecule has 8 nitrogen and oxygen atoms in total. The van der Waals surface area contributed by atoms with Crippen molar-refractivity contribution in [3.63, 3.8) is 0 Å². The standard InChI is InChI=1S/C21H16N4O4S/c26-20-18(12-7-13-22-20)30(27,28)25-21-23-17(15-8-3-1-4-9-15)14-19(24-21)29-16-10-5-2-6-11-16/h1-14H,(H,22,26)(H,23,24,25). The highest BCUT2D eigenvalue weighted by Gasteiger charge is 2.20. The van der Waals surface area contributed by atoms with E-state index in [0.29, 0.717) is 11.4 Å². The topological polar surface area (TPSA) is 114 Å². The van der Waals surface area contributed by atoms with E-state index in [1.807, 2.05) is 36.4 Å². The van der Waals surface area contributed by atoms with Gasteiger partial charge in [-0.15, -0.1) is 0 Å². The zero-order chi connectivity index (χ0) is 21.0. The number of sulfonamides is 1. The van der Waals surface area contributed by atoms with Gasteiger partial charge in [0.05, 0.1) is 5.69 Å². The molecular weight excluding hydrogens is 404 g/mol. The summed E-state index contributed by atoms with van der Waals surface area (Å²) in [7, 11) is -4.21. The molecule has 30 heavy (non-hydrogen) atoms. The van der Waals surface area contributed by atoms with Crippen molar-refractivity contribution in [2.75, 3.05) is 4.72 Å². The van der Waals surface area contributed by atoms with E-state index in [1.54, 1.807) is 30.3 Å². The smallest absolute Gasteiger partial charge is 0.269 e. The van der Waals surface area contributed by atoms with Gasteiger partial charge < -0.3 is 9.72 Å². The molecule has 0 aliphatic heterocycles. The van der Waals surface area contributed by atoms with Crippen LogP contribution in [0.4, 0.5) is 5.95 Å². The summed E-state index contributed by atoms with van der Waals surface area (Å²) in [5.41, 5.74) is 0.456. The highest BCUT2D eigenvalue weighted by molar-refractivity contribution is 7.92. The Bertz CT molecular complexity index is 1320. The minimum absolute atomic E-state index is 0.148. The van der Waals surface area contributed by atoms with Crippen LogP contribution in [0, 0.1) is 0 Å². The van der Waals surface area contributed by atoms with E-state index < -0.39 is 20.5 Å². The van der Waals surface area contributed by atoms with Gasteiger partial charge in [-0.2, -0.15) is 4.98 Å². The fourth-order valence-electron chi connectivity index (χ4n) is 2.68. The Hall–Kier alpha value is -3.98. The average Bonchev–Trinajstić information content (AvgIpc) is 2.75. The third kappa shape index (κ3) is 4.36. The number of aromatic amines is 1. The molecule has 4 rings (SSSR count). The summed E-state index contributed by atoms with van der Waals surface area (Å²) in [6.45, 7) is 0. The Morgan fingerprint density at radius 3 is 2.27 bits per heavy atom. The quantitative estimate of drug-likeness (QED) is 0.494. The Balaban J connectivity index is 1.76. The lowest BCUT2D eigenvalue weighted by molar-refractivity contribution is 0.463. The maximum atomic E-state index is 12.7. The van der Waals surface area contributed by atoms with E-state index in [4.69, 9.17) is 4.74 Å². The largest absolute Gasteiger partial charge is 0.439 e. The molecule has 0 radical (unpaired) electrons. The van der Waals surface area contributed by atoms with Gasteiger partial charge in [-0.3, -0.25) is 4.79 Å². The molecule has 0 aliphatic carbocycles. The summed E-state index contributed by atoms with van der Waals surface area (Å²) in [5.74, 6) is 0.462. The van der Waals surface area contributed by atoms with Crippen LogP contribution in [-0.4, -0.2) is 23.4 Å². The molecule has 0 spiro atoms. The maximum Gasteiger partial charge on any atom is 0.269 e. The van der Waals surface area contributed by atoms with Crippen LogP contribution in [0.15, 0.2) is 94.7 Å². The van der Waals surface area contributed by atoms with Gasteiger partial charge in [-0.05, 0) is 24.3 Å². The van der Waals surface area contributed by atoms with E-state index >= 15 is 0 Å². The molecule has 2 aromatic carbocycles. The molecule has 2 aromatic heterocycles. The molecule has 9 heteroatoms. The highest BCUT2D eigenvalue weighted by atomic mass is 32.2. The number of aromatic nitrogens is 3. The number of pyridine rings is 1. The Labute approximate surface area is 172 Å². The van der Waals surface area contributed by atoms with Crippen LogP contribution in [0.2, 0.25) is 0 Å². The van der Waals surface area contributed by atoms with Crippen LogP contribution in [-0.2, 0) is 10.0 Å². The minimum Gasteiger partial charge on any atom is -0.439 e. The van der Waals surface area contributed by atoms with Crippen LogP contribution >= 0.6 is 0 Å². The van der Waals surface area contributed by atoms with Crippen molar-refractivity contribution in [1.82, 2.24) is 15.0 Å². The van der Waals surface area contributed by atoms with Crippen molar-refractivity contribution in [2.24, 2.45) is 0 Å². The van der Waals surface area contributed by atoms with Gasteiger partial charge in [0.2, 0.25) is 11.8 Å². The fourth-order valence-corrected chi connectivity index (χ4v) is 3.68. The number of nitrogens with zero attached hydrogens (tertiary/aromatic N) is 2. The van der Waals surface area contributed by atoms with Crippen molar-refractivity contribution in [1.29, 1.82) is 0 Å². The number of H-pyrrole nitrogens is 1. The summed E-state index contributed by atoms with van der Waals surface area (Å²) in [6.07, 6.45) is 1.35. The number of rotatable bonds is 6. The summed E-state index contributed by atoms with van der Waals surface area (Å²) in [5, 5.41) is 0. The van der Waals surface area contributed by atoms with Gasteiger partial charge >= 0.3 is 0 Å². The fraction of sp³-hybridized carbons (Fsp3) is 0. The molecule has 0 amide bonds. The second-order valence-electron chi connectivity index (χ2n) is 6.17. The Morgan fingerprint density at radius 2 is 1.57 bits per heavy atom. The van der Waals surface area contributed by atoms with Gasteiger partial charge in [0.1, 0.15) is 5.75 Å². The van der Waals surface area contributed by atoms with Gasteiger partial charge in [0.15, 0.2) is 4.90 Å². The molecule has 4 aromatic rings. The van der Waals surface area contributed by atoms with Crippen molar-refractivity contribution in [3.05, 3.63) is 95.4 Å². The lowest BCUT2D eigenvalue weighted by Crippen LogP contribution is -2.23. The molecule has 0 unspecified atom stereocenters. The van der Waals surface area contributed by atoms with Gasteiger partial charge in [-0.1, -0.05) is 48.5 Å². The summed E-state index contributed by atoms with van der Waals surface area (Å²) < 4.78 is 33.4. The van der Waals surface area contributed by atoms with Crippen molar-refractivity contribution in [2.45, 2.75) is 4.90 Å². The predicted molar refractivity (Wildman–Crippen MR) is 112 cm³/mol. The van der Waals surface area contributed by atoms with Crippen LogP contribution in [0.3, 0.4) is 0 Å². The van der Waals surface area contributed by atoms with Gasteiger partial charge in [0.25, 0.3) is 15.6 Å². The van der Waals surface area contributed by atoms with E-state index in [1.165, 1.54) is 18.3 Å². The van der Waals surface area contributed by atoms with Crippen LogP contribution < -0.4 is 15.0 Å². The Morgan fingerprint density at radius 1 is 0.867 bits per heavy atom. The summed E-state index contributed by atoms with van der Waals surface area (Å²) in [6, 6.07) is 22.4. The average molecular weight is 420 g/mol. The number of hydrogen-bond donors (Lipinski definition) is 2. The number of anilines is 1. The highest BCUT2D eigenvalue weighted by Crippen LogP contribution is 2.26. The molecular formula is C21H16N4O4S. The molecule has 2 N–H and O–H groups in total. The molecule has 0 saturated carbocycles. The third-order valence-corrected chi connectivity index (χ3v) is 5.39. The molecule has 0 aliphatic rings. The first-order valence-electron chi connectivity index (χ1n) is 8.89. The summed E-state index contributed by atoms with van der Waals surface area (Å²) >= 11 is 0. The van der Waals surface area contributed by atoms with Crippen LogP contribution in [0.25, 0.3) is 11.3 Å². The second-order valence-corrected chi connectivity index (χ2v) is 7.82. The van der Waals surface area contributed by atoms with E-state index in [-0.39, 0.29) is 11.8 Å². The number of para-hydroxylation sites is 1. The van der Waals surface area contributed by atoms with Crippen LogP contribution in [0.5, 0.6) is 11.6 Å². The normalized spacial score (nSPS) is 11.1. The molecule has 0 atom stereocenters. The molecule has 0 bridgehead atoms. The zero-order valence-corrected chi connectivity index (χ0v) is 16.3. The second kappa shape index (κ2) is 8.18. The minimum atomic E-state index is -4.21. The van der Waals surface area contributed by atoms with Crippen molar-refractivity contribution < 1.29 is 13.2 Å². The van der Waals surface area contributed by atoms with Crippen LogP contribution in [0.1, 0.15) is 0 Å². The first kappa shape index (κ1) is 19.3. The Kier molecular flexibility index (Phi) is 5.27. The molecule has 0 fully saturated rings. The molecule has 150 valence electrons. The molecule has 2 heterocycles. The first-order valence-corrected chi connectivity index (χ1v) is 10.4. The van der Waals surface area contributed by atoms with E-state index in [9.17, 15) is 13.2 Å². The number of hydrogen-bond acceptors (Lipinski definition) is 6. The van der Waals surface area contributed by atoms with Crippen molar-refractivity contribution in [3.8, 4) is 22.9 Å². The first-order chi connectivity index (χ1) is 14.5. The van der Waals surface area contributed by atoms with Crippen molar-refractivity contribution >= 4 is 16.0 Å². The monoisotopic (exact) mass is 420 g/mol. The number of nitrogens with one attached hydrogen (secondary N) is 2. The SMILES string of the molecule is O=c1[nH]cccc1S(=O)(=O)Nc1nc(Oc2ccccc2)cc(-c2ccccc2)n1. The maximum absolute atomic E-state index is 12.7. The number of benzene rings is 2. The van der Waals surface area contributed by atoms with Gasteiger partial charge in [-0.25, -0.2) is 18.1 Å². The van der Waals surface area contributed by atoms with Gasteiger partial charge in [0, 0.05) is 17.8 Å². The lowest BCUT2D eigenvalue weighted by Gasteiger charge is -2.11. The third-order valence-electron chi connectivity index (χ3n) is 4.04. The summed E-state index contributed by atoms with van der Waals surface area (Å²) in [4.78, 5) is 22.3.